The molecule has 0 saturated heterocycles. The van der Waals surface area contributed by atoms with Crippen molar-refractivity contribution in [3.05, 3.63) is 95.0 Å². The van der Waals surface area contributed by atoms with Crippen molar-refractivity contribution >= 4 is 38.7 Å². The first-order valence-electron chi connectivity index (χ1n) is 14.4. The molecule has 1 amide bonds. The summed E-state index contributed by atoms with van der Waals surface area (Å²) in [7, 11) is -2.16. The minimum absolute atomic E-state index is 0.0930. The van der Waals surface area contributed by atoms with Crippen LogP contribution >= 0.6 is 0 Å². The van der Waals surface area contributed by atoms with Crippen molar-refractivity contribution in [3.63, 3.8) is 0 Å². The first-order valence-corrected chi connectivity index (χ1v) is 16.3. The average molecular weight is 619 g/mol. The third-order valence-corrected chi connectivity index (χ3v) is 8.85. The Bertz CT molecular complexity index is 1800. The summed E-state index contributed by atoms with van der Waals surface area (Å²) in [5.74, 6) is 6.29. The molecule has 0 spiro atoms. The molecular formula is C32H40N7O4S+. The van der Waals surface area contributed by atoms with Crippen molar-refractivity contribution in [2.24, 2.45) is 11.6 Å². The summed E-state index contributed by atoms with van der Waals surface area (Å²) in [5.41, 5.74) is 12.0. The van der Waals surface area contributed by atoms with Crippen LogP contribution < -0.4 is 36.0 Å². The lowest BCUT2D eigenvalue weighted by Crippen LogP contribution is -2.43. The van der Waals surface area contributed by atoms with E-state index in [9.17, 15) is 13.2 Å². The molecule has 1 atom stereocenters. The van der Waals surface area contributed by atoms with Crippen LogP contribution in [0.2, 0.25) is 0 Å². The van der Waals surface area contributed by atoms with Gasteiger partial charge < -0.3 is 15.8 Å². The van der Waals surface area contributed by atoms with Crippen molar-refractivity contribution in [2.75, 3.05) is 28.4 Å². The number of rotatable bonds is 10. The number of anilines is 3. The number of methoxy groups -OCH3 is 1. The number of carbonyl (C=O) groups is 1. The SMILES string of the molecule is COc1c(NC(=O)c2ccc(C)c(N(N)C=C(N)c3c[nH][n+](C4C=CC=CC4)c3C)c2)cc(C2(C)CC2)cc1NS(C)(=O)=O. The topological polar surface area (TPSA) is 159 Å². The second kappa shape index (κ2) is 11.9. The number of allylic oxidation sites excluding steroid dienone is 4. The number of nitrogens with zero attached hydrogens (tertiary/aromatic N) is 2. The van der Waals surface area contributed by atoms with Crippen LogP contribution in [0.4, 0.5) is 17.1 Å². The van der Waals surface area contributed by atoms with Gasteiger partial charge >= 0.3 is 0 Å². The van der Waals surface area contributed by atoms with Crippen LogP contribution in [0.1, 0.15) is 65.0 Å². The molecule has 3 aromatic rings. The Labute approximate surface area is 258 Å². The Kier molecular flexibility index (Phi) is 8.32. The fourth-order valence-corrected chi connectivity index (χ4v) is 5.97. The summed E-state index contributed by atoms with van der Waals surface area (Å²) >= 11 is 0. The Hall–Kier alpha value is -4.55. The highest BCUT2D eigenvalue weighted by Gasteiger charge is 2.40. The fraction of sp³-hybridized carbons (Fsp3) is 0.312. The van der Waals surface area contributed by atoms with E-state index in [0.29, 0.717) is 22.6 Å². The minimum Gasteiger partial charge on any atom is -0.492 e. The molecule has 0 aliphatic heterocycles. The Morgan fingerprint density at radius 1 is 1.18 bits per heavy atom. The summed E-state index contributed by atoms with van der Waals surface area (Å²) in [5, 5.41) is 7.62. The number of H-pyrrole nitrogens is 1. The average Bonchev–Trinajstić information content (AvgIpc) is 3.61. The van der Waals surface area contributed by atoms with Gasteiger partial charge in [0.05, 0.1) is 47.9 Å². The molecule has 44 heavy (non-hydrogen) atoms. The number of benzene rings is 2. The van der Waals surface area contributed by atoms with E-state index in [1.165, 1.54) is 12.1 Å². The van der Waals surface area contributed by atoms with Crippen LogP contribution in [-0.4, -0.2) is 32.8 Å². The number of ether oxygens (including phenoxy) is 1. The van der Waals surface area contributed by atoms with Gasteiger partial charge in [-0.05, 0) is 66.6 Å². The zero-order valence-corrected chi connectivity index (χ0v) is 26.5. The van der Waals surface area contributed by atoms with Crippen molar-refractivity contribution in [2.45, 2.75) is 51.5 Å². The molecule has 2 aliphatic rings. The largest absolute Gasteiger partial charge is 0.492 e. The zero-order chi connectivity index (χ0) is 31.8. The van der Waals surface area contributed by atoms with Crippen LogP contribution in [0.25, 0.3) is 5.70 Å². The number of amides is 1. The molecule has 2 aromatic carbocycles. The molecule has 5 rings (SSSR count). The van der Waals surface area contributed by atoms with E-state index in [-0.39, 0.29) is 22.9 Å². The van der Waals surface area contributed by atoms with E-state index in [1.807, 2.05) is 44.3 Å². The van der Waals surface area contributed by atoms with Crippen LogP contribution in [0.3, 0.4) is 0 Å². The van der Waals surface area contributed by atoms with Gasteiger partial charge in [0.15, 0.2) is 5.75 Å². The van der Waals surface area contributed by atoms with Crippen molar-refractivity contribution in [1.82, 2.24) is 5.10 Å². The highest BCUT2D eigenvalue weighted by atomic mass is 32.2. The predicted octanol–water partition coefficient (Wildman–Crippen LogP) is 4.30. The van der Waals surface area contributed by atoms with Gasteiger partial charge in [0, 0.05) is 25.1 Å². The van der Waals surface area contributed by atoms with Gasteiger partial charge in [-0.2, -0.15) is 5.10 Å². The van der Waals surface area contributed by atoms with Gasteiger partial charge in [-0.3, -0.25) is 14.5 Å². The number of aromatic amines is 1. The first kappa shape index (κ1) is 30.9. The highest BCUT2D eigenvalue weighted by Crippen LogP contribution is 2.50. The number of hydrogen-bond acceptors (Lipinski definition) is 7. The monoisotopic (exact) mass is 618 g/mol. The quantitative estimate of drug-likeness (QED) is 0.129. The lowest BCUT2D eigenvalue weighted by molar-refractivity contribution is -0.768. The molecule has 0 bridgehead atoms. The molecule has 232 valence electrons. The molecule has 12 heteroatoms. The molecule has 2 aliphatic carbocycles. The van der Waals surface area contributed by atoms with Gasteiger partial charge in [-0.25, -0.2) is 14.3 Å². The summed E-state index contributed by atoms with van der Waals surface area (Å²) in [6, 6.07) is 8.99. The van der Waals surface area contributed by atoms with E-state index in [1.54, 1.807) is 24.4 Å². The predicted molar refractivity (Wildman–Crippen MR) is 174 cm³/mol. The van der Waals surface area contributed by atoms with Gasteiger partial charge in [-0.15, -0.1) is 4.68 Å². The number of carbonyl (C=O) groups excluding carboxylic acids is 1. The summed E-state index contributed by atoms with van der Waals surface area (Å²) in [4.78, 5) is 13.6. The zero-order valence-electron chi connectivity index (χ0n) is 25.6. The molecule has 0 radical (unpaired) electrons. The summed E-state index contributed by atoms with van der Waals surface area (Å²) in [6.07, 6.45) is 15.7. The van der Waals surface area contributed by atoms with Crippen LogP contribution in [0, 0.1) is 13.8 Å². The van der Waals surface area contributed by atoms with Gasteiger partial charge in [0.25, 0.3) is 5.91 Å². The maximum atomic E-state index is 13.6. The van der Waals surface area contributed by atoms with E-state index in [0.717, 1.165) is 47.9 Å². The molecule has 1 unspecified atom stereocenters. The van der Waals surface area contributed by atoms with Gasteiger partial charge in [-0.1, -0.05) is 31.2 Å². The van der Waals surface area contributed by atoms with Gasteiger partial charge in [0.1, 0.15) is 0 Å². The molecule has 1 fully saturated rings. The smallest absolute Gasteiger partial charge is 0.255 e. The summed E-state index contributed by atoms with van der Waals surface area (Å²) in [6.45, 7) is 6.00. The minimum atomic E-state index is -3.59. The number of hydrazine groups is 1. The van der Waals surface area contributed by atoms with Crippen LogP contribution in [-0.2, 0) is 15.4 Å². The maximum absolute atomic E-state index is 13.6. The number of nitrogens with two attached hydrogens (primary N) is 2. The molecule has 1 aromatic heterocycles. The van der Waals surface area contributed by atoms with E-state index < -0.39 is 15.9 Å². The van der Waals surface area contributed by atoms with Crippen molar-refractivity contribution in [3.8, 4) is 5.75 Å². The Balaban J connectivity index is 1.41. The first-order chi connectivity index (χ1) is 20.8. The van der Waals surface area contributed by atoms with Crippen LogP contribution in [0.5, 0.6) is 5.75 Å². The summed E-state index contributed by atoms with van der Waals surface area (Å²) < 4.78 is 34.4. The third-order valence-electron chi connectivity index (χ3n) is 8.26. The van der Waals surface area contributed by atoms with E-state index in [4.69, 9.17) is 16.3 Å². The molecule has 1 heterocycles. The number of aromatic nitrogens is 2. The standard InChI is InChI=1S/C32H39N7O4S/c1-20-11-12-22(15-29(20)38(34)19-26(33)25-18-35-39(21(25)2)24-9-7-6-8-10-24)31(40)36-27-16-23(32(3)13-14-32)17-28(30(27)43-4)37-44(5,41)42/h6-9,11-12,15-19,24,37H,10,13-14,33-34H2,1-5H3,(H,36,40)/p+1. The molecule has 7 N–H and O–H groups in total. The second-order valence-corrected chi connectivity index (χ2v) is 13.5. The molecular weight excluding hydrogens is 578 g/mol. The number of hydrogen-bond donors (Lipinski definition) is 5. The fourth-order valence-electron chi connectivity index (χ4n) is 5.41. The van der Waals surface area contributed by atoms with Crippen molar-refractivity contribution in [1.29, 1.82) is 0 Å². The Morgan fingerprint density at radius 3 is 2.55 bits per heavy atom. The highest BCUT2D eigenvalue weighted by molar-refractivity contribution is 7.92. The van der Waals surface area contributed by atoms with E-state index in [2.05, 4.69) is 38.9 Å². The van der Waals surface area contributed by atoms with Gasteiger partial charge in [0.2, 0.25) is 21.8 Å². The number of sulfonamides is 1. The van der Waals surface area contributed by atoms with E-state index >= 15 is 0 Å². The maximum Gasteiger partial charge on any atom is 0.255 e. The van der Waals surface area contributed by atoms with Crippen molar-refractivity contribution < 1.29 is 22.6 Å². The number of nitrogens with one attached hydrogen (secondary N) is 3. The third kappa shape index (κ3) is 6.51. The lowest BCUT2D eigenvalue weighted by atomic mass is 9.96. The number of aryl methyl sites for hydroxylation is 1. The van der Waals surface area contributed by atoms with Crippen LogP contribution in [0.15, 0.2) is 67.0 Å². The lowest BCUT2D eigenvalue weighted by Gasteiger charge is -2.20. The molecule has 1 saturated carbocycles. The second-order valence-electron chi connectivity index (χ2n) is 11.7. The normalized spacial score (nSPS) is 17.3. The Morgan fingerprint density at radius 2 is 1.91 bits per heavy atom. The molecule has 11 nitrogen and oxygen atoms in total.